The fraction of sp³-hybridized carbons (Fsp3) is 0.517. The second-order valence-electron chi connectivity index (χ2n) is 10.2. The summed E-state index contributed by atoms with van der Waals surface area (Å²) in [6.45, 7) is 12.2. The number of hydrogen-bond acceptors (Lipinski definition) is 5. The van der Waals surface area contributed by atoms with Crippen molar-refractivity contribution in [2.24, 2.45) is 0 Å². The van der Waals surface area contributed by atoms with Crippen molar-refractivity contribution in [2.45, 2.75) is 84.5 Å². The van der Waals surface area contributed by atoms with Crippen LogP contribution < -0.4 is 0 Å². The van der Waals surface area contributed by atoms with E-state index in [4.69, 9.17) is 0 Å². The predicted octanol–water partition coefficient (Wildman–Crippen LogP) is 5.59. The molecule has 0 fully saturated rings. The predicted molar refractivity (Wildman–Crippen MR) is 137 cm³/mol. The van der Waals surface area contributed by atoms with Gasteiger partial charge in [-0.25, -0.2) is 0 Å². The van der Waals surface area contributed by atoms with E-state index in [9.17, 15) is 19.8 Å². The lowest BCUT2D eigenvalue weighted by molar-refractivity contribution is 0.0487. The molecule has 2 N–H and O–H groups in total. The van der Waals surface area contributed by atoms with Crippen molar-refractivity contribution in [1.29, 1.82) is 0 Å². The highest BCUT2D eigenvalue weighted by molar-refractivity contribution is 6.02. The number of carbonyl (C=O) groups excluding carboxylic acids is 2. The number of nitrogens with zero attached hydrogens (tertiary/aromatic N) is 1. The van der Waals surface area contributed by atoms with Crippen LogP contribution in [0.25, 0.3) is 0 Å². The zero-order valence-corrected chi connectivity index (χ0v) is 21.6. The maximum atomic E-state index is 12.5. The number of benzene rings is 2. The minimum absolute atomic E-state index is 0.0318. The highest BCUT2D eigenvalue weighted by atomic mass is 16.3. The molecule has 0 spiro atoms. The van der Waals surface area contributed by atoms with Crippen LogP contribution >= 0.6 is 0 Å². The largest absolute Gasteiger partial charge is 0.382 e. The molecule has 186 valence electrons. The fourth-order valence-electron chi connectivity index (χ4n) is 4.05. The molecule has 0 atom stereocenters. The Morgan fingerprint density at radius 1 is 0.706 bits per heavy atom. The molecule has 34 heavy (non-hydrogen) atoms. The van der Waals surface area contributed by atoms with E-state index in [2.05, 4.69) is 18.7 Å². The minimum Gasteiger partial charge on any atom is -0.382 e. The number of rotatable bonds is 13. The first kappa shape index (κ1) is 27.9. The molecule has 0 saturated heterocycles. The van der Waals surface area contributed by atoms with Gasteiger partial charge in [0.05, 0.1) is 6.04 Å². The van der Waals surface area contributed by atoms with Crippen molar-refractivity contribution in [2.75, 3.05) is 13.1 Å². The third-order valence-electron chi connectivity index (χ3n) is 6.05. The highest BCUT2D eigenvalue weighted by Gasteiger charge is 2.28. The van der Waals surface area contributed by atoms with Gasteiger partial charge in [0.15, 0.2) is 11.6 Å². The van der Waals surface area contributed by atoms with Gasteiger partial charge in [-0.15, -0.1) is 0 Å². The Kier molecular flexibility index (Phi) is 9.74. The number of hydrogen-bond donors (Lipinski definition) is 2. The van der Waals surface area contributed by atoms with Crippen molar-refractivity contribution in [3.63, 3.8) is 0 Å². The van der Waals surface area contributed by atoms with E-state index < -0.39 is 11.2 Å². The van der Waals surface area contributed by atoms with Crippen molar-refractivity contribution in [1.82, 2.24) is 4.90 Å². The van der Waals surface area contributed by atoms with Crippen LogP contribution in [-0.4, -0.2) is 51.0 Å². The summed E-state index contributed by atoms with van der Waals surface area (Å²) in [4.78, 5) is 27.5. The molecule has 5 nitrogen and oxygen atoms in total. The van der Waals surface area contributed by atoms with E-state index in [0.29, 0.717) is 11.1 Å². The van der Waals surface area contributed by atoms with Gasteiger partial charge in [0.1, 0.15) is 11.2 Å². The van der Waals surface area contributed by atoms with Gasteiger partial charge in [0, 0.05) is 11.1 Å². The van der Waals surface area contributed by atoms with Crippen LogP contribution in [0.4, 0.5) is 0 Å². The molecule has 0 amide bonds. The summed E-state index contributed by atoms with van der Waals surface area (Å²) >= 11 is 0. The van der Waals surface area contributed by atoms with E-state index >= 15 is 0 Å². The molecule has 0 saturated carbocycles. The van der Waals surface area contributed by atoms with Gasteiger partial charge in [-0.1, -0.05) is 75.2 Å². The Labute approximate surface area is 204 Å². The van der Waals surface area contributed by atoms with E-state index in [1.165, 1.54) is 27.7 Å². The molecule has 0 aliphatic heterocycles. The number of aliphatic hydroxyl groups is 2. The number of unbranched alkanes of at least 4 members (excludes halogenated alkanes) is 2. The zero-order chi connectivity index (χ0) is 25.5. The topological polar surface area (TPSA) is 77.8 Å². The summed E-state index contributed by atoms with van der Waals surface area (Å²) in [6.07, 6.45) is 4.33. The number of ketones is 2. The van der Waals surface area contributed by atoms with Gasteiger partial charge in [0.2, 0.25) is 0 Å². The Morgan fingerprint density at radius 2 is 1.03 bits per heavy atom. The smallest absolute Gasteiger partial charge is 0.193 e. The molecule has 2 aromatic rings. The monoisotopic (exact) mass is 467 g/mol. The lowest BCUT2D eigenvalue weighted by atomic mass is 9.90. The molecule has 0 radical (unpaired) electrons. The summed E-state index contributed by atoms with van der Waals surface area (Å²) in [6, 6.07) is 15.0. The van der Waals surface area contributed by atoms with Gasteiger partial charge >= 0.3 is 0 Å². The molecular formula is C29H41NO4. The van der Waals surface area contributed by atoms with Gasteiger partial charge in [0.25, 0.3) is 0 Å². The van der Waals surface area contributed by atoms with Crippen molar-refractivity contribution in [3.05, 3.63) is 70.8 Å². The number of Topliss-reactive ketones (excluding diaryl/α,β-unsaturated/α-hetero) is 2. The molecule has 0 aliphatic rings. The molecular weight excluding hydrogens is 426 g/mol. The Hall–Kier alpha value is -2.34. The summed E-state index contributed by atoms with van der Waals surface area (Å²) < 4.78 is 0. The summed E-state index contributed by atoms with van der Waals surface area (Å²) in [5.74, 6) is -0.613. The van der Waals surface area contributed by atoms with Crippen molar-refractivity contribution < 1.29 is 19.8 Å². The normalized spacial score (nSPS) is 12.4. The van der Waals surface area contributed by atoms with Crippen LogP contribution in [-0.2, 0) is 0 Å². The van der Waals surface area contributed by atoms with Gasteiger partial charge < -0.3 is 10.2 Å². The first-order chi connectivity index (χ1) is 15.9. The summed E-state index contributed by atoms with van der Waals surface area (Å²) in [5, 5.41) is 20.2. The van der Waals surface area contributed by atoms with Crippen LogP contribution in [0.15, 0.2) is 48.5 Å². The highest BCUT2D eigenvalue weighted by Crippen LogP contribution is 2.31. The van der Waals surface area contributed by atoms with Crippen LogP contribution in [0.1, 0.15) is 105 Å². The molecule has 0 unspecified atom stereocenters. The van der Waals surface area contributed by atoms with E-state index in [1.807, 2.05) is 24.3 Å². The minimum atomic E-state index is -1.42. The van der Waals surface area contributed by atoms with Crippen LogP contribution in [0, 0.1) is 0 Å². The molecule has 0 aliphatic carbocycles. The third-order valence-corrected chi connectivity index (χ3v) is 6.05. The molecule has 0 heterocycles. The summed E-state index contributed by atoms with van der Waals surface area (Å²) in [5.41, 5.74) is 0.238. The molecule has 0 bridgehead atoms. The van der Waals surface area contributed by atoms with Crippen molar-refractivity contribution in [3.8, 4) is 0 Å². The average Bonchev–Trinajstić information content (AvgIpc) is 2.79. The molecule has 2 rings (SSSR count). The molecule has 0 aromatic heterocycles. The van der Waals surface area contributed by atoms with E-state index in [0.717, 1.165) is 49.9 Å². The van der Waals surface area contributed by atoms with E-state index in [1.54, 1.807) is 24.3 Å². The maximum Gasteiger partial charge on any atom is 0.193 e. The summed E-state index contributed by atoms with van der Waals surface area (Å²) in [7, 11) is 0. The zero-order valence-electron chi connectivity index (χ0n) is 21.6. The lowest BCUT2D eigenvalue weighted by Gasteiger charge is -2.33. The Bertz CT molecular complexity index is 857. The third kappa shape index (κ3) is 7.33. The average molecular weight is 468 g/mol. The van der Waals surface area contributed by atoms with Crippen LogP contribution in [0.5, 0.6) is 0 Å². The van der Waals surface area contributed by atoms with Crippen LogP contribution in [0.3, 0.4) is 0 Å². The fourth-order valence-corrected chi connectivity index (χ4v) is 4.05. The van der Waals surface area contributed by atoms with Gasteiger partial charge in [-0.05, 0) is 64.8 Å². The Balaban J connectivity index is 2.49. The quantitative estimate of drug-likeness (QED) is 0.376. The van der Waals surface area contributed by atoms with E-state index in [-0.39, 0.29) is 17.6 Å². The SMILES string of the molecule is CCCCN(CCCC)C(c1ccc(C(=O)C(C)(C)O)cc1)c1ccc(C(=O)C(C)(C)O)cc1. The first-order valence-electron chi connectivity index (χ1n) is 12.4. The van der Waals surface area contributed by atoms with Crippen LogP contribution in [0.2, 0.25) is 0 Å². The second kappa shape index (κ2) is 11.9. The van der Waals surface area contributed by atoms with Crippen molar-refractivity contribution >= 4 is 11.6 Å². The molecule has 5 heteroatoms. The Morgan fingerprint density at radius 3 is 1.29 bits per heavy atom. The molecule has 2 aromatic carbocycles. The maximum absolute atomic E-state index is 12.5. The van der Waals surface area contributed by atoms with Gasteiger partial charge in [-0.2, -0.15) is 0 Å². The second-order valence-corrected chi connectivity index (χ2v) is 10.2. The standard InChI is InChI=1S/C29H41NO4/c1-7-9-19-30(20-10-8-2)25(21-11-15-23(16-12-21)26(31)28(3,4)33)22-13-17-24(18-14-22)27(32)29(5,6)34/h11-18,25,33-34H,7-10,19-20H2,1-6H3. The number of carbonyl (C=O) groups is 2. The lowest BCUT2D eigenvalue weighted by Crippen LogP contribution is -2.33. The van der Waals surface area contributed by atoms with Gasteiger partial charge in [-0.3, -0.25) is 14.5 Å². The first-order valence-corrected chi connectivity index (χ1v) is 12.4.